The fourth-order valence-electron chi connectivity index (χ4n) is 10.4. The van der Waals surface area contributed by atoms with Crippen molar-refractivity contribution in [2.24, 2.45) is 52.3 Å². The van der Waals surface area contributed by atoms with Crippen LogP contribution in [0.5, 0.6) is 0 Å². The maximum absolute atomic E-state index is 13.7. The number of carbonyl (C=O) groups excluding carboxylic acids is 1. The Bertz CT molecular complexity index is 820. The molecule has 1 spiro atoms. The van der Waals surface area contributed by atoms with Gasteiger partial charge in [0.2, 0.25) is 0 Å². The summed E-state index contributed by atoms with van der Waals surface area (Å²) >= 11 is 0. The van der Waals surface area contributed by atoms with Crippen molar-refractivity contribution in [1.29, 1.82) is 0 Å². The highest BCUT2D eigenvalue weighted by Gasteiger charge is 2.69. The Kier molecular flexibility index (Phi) is 6.23. The quantitative estimate of drug-likeness (QED) is 0.359. The number of hydrogen-bond acceptors (Lipinski definition) is 5. The fourth-order valence-corrected chi connectivity index (χ4v) is 10.4. The van der Waals surface area contributed by atoms with E-state index in [0.29, 0.717) is 60.8 Å². The van der Waals surface area contributed by atoms with E-state index < -0.39 is 0 Å². The molecule has 5 heteroatoms. The highest BCUT2D eigenvalue weighted by molar-refractivity contribution is 5.83. The van der Waals surface area contributed by atoms with Crippen molar-refractivity contribution < 1.29 is 23.7 Å². The maximum Gasteiger partial charge on any atom is 0.171 e. The van der Waals surface area contributed by atoms with Gasteiger partial charge in [0.1, 0.15) is 12.6 Å². The van der Waals surface area contributed by atoms with Crippen LogP contribution >= 0.6 is 0 Å². The molecule has 4 saturated carbocycles. The van der Waals surface area contributed by atoms with E-state index >= 15 is 0 Å². The zero-order valence-electron chi connectivity index (χ0n) is 22.7. The third-order valence-electron chi connectivity index (χ3n) is 12.3. The number of ether oxygens (including phenoxy) is 4. The second kappa shape index (κ2) is 8.78. The average molecular weight is 489 g/mol. The summed E-state index contributed by atoms with van der Waals surface area (Å²) in [4.78, 5) is 13.7. The molecule has 198 valence electrons. The van der Waals surface area contributed by atoms with Gasteiger partial charge in [-0.3, -0.25) is 4.79 Å². The molecule has 0 amide bonds. The third kappa shape index (κ3) is 3.65. The minimum Gasteiger partial charge on any atom is -0.356 e. The van der Waals surface area contributed by atoms with Gasteiger partial charge in [0.25, 0.3) is 0 Å². The summed E-state index contributed by atoms with van der Waals surface area (Å²) < 4.78 is 24.8. The molecule has 0 bridgehead atoms. The second-order valence-electron chi connectivity index (χ2n) is 13.8. The molecule has 6 fully saturated rings. The first-order chi connectivity index (χ1) is 16.7. The van der Waals surface area contributed by atoms with Crippen LogP contribution in [0.25, 0.3) is 0 Å². The molecule has 0 radical (unpaired) electrons. The molecule has 2 heterocycles. The summed E-state index contributed by atoms with van der Waals surface area (Å²) in [6.07, 6.45) is 10.2. The second-order valence-corrected chi connectivity index (χ2v) is 13.8. The summed E-state index contributed by atoms with van der Waals surface area (Å²) in [6, 6.07) is 0. The van der Waals surface area contributed by atoms with E-state index in [1.54, 1.807) is 0 Å². The molecule has 0 aromatic rings. The molecule has 5 nitrogen and oxygen atoms in total. The van der Waals surface area contributed by atoms with Gasteiger partial charge in [-0.2, -0.15) is 0 Å². The zero-order chi connectivity index (χ0) is 24.6. The molecule has 35 heavy (non-hydrogen) atoms. The molecule has 12 atom stereocenters. The first-order valence-electron chi connectivity index (χ1n) is 14.8. The van der Waals surface area contributed by atoms with E-state index in [9.17, 15) is 4.79 Å². The van der Waals surface area contributed by atoms with Crippen LogP contribution in [0, 0.1) is 52.3 Å². The van der Waals surface area contributed by atoms with Crippen LogP contribution in [-0.4, -0.2) is 43.8 Å². The molecule has 6 rings (SSSR count). The Labute approximate surface area is 212 Å². The van der Waals surface area contributed by atoms with Crippen LogP contribution in [0.2, 0.25) is 0 Å². The topological polar surface area (TPSA) is 54.0 Å². The van der Waals surface area contributed by atoms with Gasteiger partial charge in [-0.05, 0) is 92.3 Å². The van der Waals surface area contributed by atoms with E-state index in [-0.39, 0.29) is 28.6 Å². The smallest absolute Gasteiger partial charge is 0.171 e. The highest BCUT2D eigenvalue weighted by Crippen LogP contribution is 2.71. The number of rotatable bonds is 4. The van der Waals surface area contributed by atoms with Gasteiger partial charge in [-0.25, -0.2) is 0 Å². The zero-order valence-corrected chi connectivity index (χ0v) is 22.7. The minimum absolute atomic E-state index is 0.126. The van der Waals surface area contributed by atoms with Crippen LogP contribution < -0.4 is 0 Å². The van der Waals surface area contributed by atoms with Crippen molar-refractivity contribution in [3.8, 4) is 0 Å². The van der Waals surface area contributed by atoms with Gasteiger partial charge in [0, 0.05) is 31.3 Å². The Balaban J connectivity index is 1.20. The SMILES string of the molecule is CCOCO[C@H]1CC[C@@]2(C)[C@H](C1)C(=O)C[C@@H]1[C@@H]2CC[C@]2(C)[C@@H]3[C@H](C[C@@H]12)O[C@]1(CC[C@@H](C)CO1)[C@H]3C. The molecule has 2 saturated heterocycles. The van der Waals surface area contributed by atoms with E-state index in [0.717, 1.165) is 45.1 Å². The number of Topliss-reactive ketones (excluding diaryl/α,β-unsaturated/α-hetero) is 1. The van der Waals surface area contributed by atoms with Crippen molar-refractivity contribution in [1.82, 2.24) is 0 Å². The van der Waals surface area contributed by atoms with Gasteiger partial charge >= 0.3 is 0 Å². The van der Waals surface area contributed by atoms with Crippen LogP contribution in [-0.2, 0) is 23.7 Å². The molecule has 0 N–H and O–H groups in total. The van der Waals surface area contributed by atoms with E-state index in [2.05, 4.69) is 27.7 Å². The molecule has 0 unspecified atom stereocenters. The lowest BCUT2D eigenvalue weighted by molar-refractivity contribution is -0.273. The highest BCUT2D eigenvalue weighted by atomic mass is 16.7. The third-order valence-corrected chi connectivity index (χ3v) is 12.3. The van der Waals surface area contributed by atoms with Crippen molar-refractivity contribution in [2.75, 3.05) is 20.0 Å². The predicted octanol–water partition coefficient (Wildman–Crippen LogP) is 5.99. The maximum atomic E-state index is 13.7. The standard InChI is InChI=1S/C30H48O5/c1-6-32-17-33-20-8-10-28(4)22-9-11-29(5)23(21(22)14-25(31)24(28)13-20)15-26-27(29)19(3)30(35-26)12-7-18(2)16-34-30/h18-24,26-27H,6-17H2,1-5H3/t18-,19+,20+,21-,22+,23+,24-,26+,27+,28-,29+,30-/m1/s1. The lowest BCUT2D eigenvalue weighted by Gasteiger charge is -2.60. The summed E-state index contributed by atoms with van der Waals surface area (Å²) in [5.74, 6) is 3.73. The van der Waals surface area contributed by atoms with Crippen molar-refractivity contribution >= 4 is 5.78 Å². The predicted molar refractivity (Wildman–Crippen MR) is 133 cm³/mol. The molecule has 0 aromatic carbocycles. The van der Waals surface area contributed by atoms with Crippen molar-refractivity contribution in [3.63, 3.8) is 0 Å². The van der Waals surface area contributed by atoms with Crippen LogP contribution in [0.4, 0.5) is 0 Å². The average Bonchev–Trinajstić information content (AvgIpc) is 3.27. The molecule has 0 aromatic heterocycles. The number of ketones is 1. The summed E-state index contributed by atoms with van der Waals surface area (Å²) in [7, 11) is 0. The first-order valence-corrected chi connectivity index (χ1v) is 14.8. The normalized spacial score (nSPS) is 55.3. The monoisotopic (exact) mass is 488 g/mol. The summed E-state index contributed by atoms with van der Waals surface area (Å²) in [5, 5.41) is 0. The number of carbonyl (C=O) groups is 1. The Morgan fingerprint density at radius 3 is 2.54 bits per heavy atom. The molecule has 2 aliphatic heterocycles. The fraction of sp³-hybridized carbons (Fsp3) is 0.967. The van der Waals surface area contributed by atoms with Crippen LogP contribution in [0.15, 0.2) is 0 Å². The van der Waals surface area contributed by atoms with Gasteiger partial charge in [0.15, 0.2) is 5.79 Å². The molecular formula is C30H48O5. The largest absolute Gasteiger partial charge is 0.356 e. The summed E-state index contributed by atoms with van der Waals surface area (Å²) in [6.45, 7) is 13.6. The number of hydrogen-bond donors (Lipinski definition) is 0. The molecular weight excluding hydrogens is 440 g/mol. The minimum atomic E-state index is -0.355. The lowest BCUT2D eigenvalue weighted by Crippen LogP contribution is -2.57. The van der Waals surface area contributed by atoms with Crippen molar-refractivity contribution in [3.05, 3.63) is 0 Å². The lowest BCUT2D eigenvalue weighted by atomic mass is 9.44. The molecule has 4 aliphatic carbocycles. The van der Waals surface area contributed by atoms with Gasteiger partial charge in [-0.15, -0.1) is 0 Å². The van der Waals surface area contributed by atoms with Gasteiger partial charge in [-0.1, -0.05) is 27.7 Å². The Morgan fingerprint density at radius 1 is 1.00 bits per heavy atom. The number of fused-ring (bicyclic) bond motifs is 7. The van der Waals surface area contributed by atoms with Gasteiger partial charge in [0.05, 0.1) is 18.8 Å². The molecule has 6 aliphatic rings. The van der Waals surface area contributed by atoms with Crippen LogP contribution in [0.1, 0.15) is 92.4 Å². The van der Waals surface area contributed by atoms with Gasteiger partial charge < -0.3 is 18.9 Å². The van der Waals surface area contributed by atoms with E-state index in [1.807, 2.05) is 6.92 Å². The van der Waals surface area contributed by atoms with Crippen LogP contribution in [0.3, 0.4) is 0 Å². The van der Waals surface area contributed by atoms with Crippen molar-refractivity contribution in [2.45, 2.75) is 110 Å². The van der Waals surface area contributed by atoms with E-state index in [1.165, 1.54) is 19.3 Å². The summed E-state index contributed by atoms with van der Waals surface area (Å²) in [5.41, 5.74) is 0.392. The Morgan fingerprint density at radius 2 is 1.80 bits per heavy atom. The van der Waals surface area contributed by atoms with E-state index in [4.69, 9.17) is 18.9 Å². The Hall–Kier alpha value is -0.490. The first kappa shape index (κ1) is 24.8.